The van der Waals surface area contributed by atoms with Crippen LogP contribution in [0.15, 0.2) is 51.5 Å². The predicted molar refractivity (Wildman–Crippen MR) is 110 cm³/mol. The number of amides is 1. The molecule has 0 aliphatic carbocycles. The summed E-state index contributed by atoms with van der Waals surface area (Å²) >= 11 is 3.25. The summed E-state index contributed by atoms with van der Waals surface area (Å²) in [5.41, 5.74) is 2.55. The highest BCUT2D eigenvalue weighted by Gasteiger charge is 2.36. The highest BCUT2D eigenvalue weighted by atomic mass is 79.9. The molecule has 7 heteroatoms. The van der Waals surface area contributed by atoms with Crippen LogP contribution in [0.3, 0.4) is 0 Å². The van der Waals surface area contributed by atoms with Gasteiger partial charge in [-0.25, -0.2) is 4.39 Å². The molecule has 3 aromatic rings. The fraction of sp³-hybridized carbons (Fsp3) is 0.318. The Kier molecular flexibility index (Phi) is 5.50. The van der Waals surface area contributed by atoms with E-state index in [9.17, 15) is 9.18 Å². The zero-order chi connectivity index (χ0) is 20.5. The van der Waals surface area contributed by atoms with Crippen LogP contribution in [0.25, 0.3) is 11.4 Å². The van der Waals surface area contributed by atoms with Gasteiger partial charge in [-0.15, -0.1) is 0 Å². The number of carbonyl (C=O) groups is 1. The molecule has 0 N–H and O–H groups in total. The van der Waals surface area contributed by atoms with E-state index in [0.29, 0.717) is 40.5 Å². The minimum absolute atomic E-state index is 0.0432. The number of nitrogens with zero attached hydrogens (tertiary/aromatic N) is 3. The molecule has 1 atom stereocenters. The molecule has 150 valence electrons. The Bertz CT molecular complexity index is 1030. The summed E-state index contributed by atoms with van der Waals surface area (Å²) in [6.45, 7) is 4.45. The number of benzene rings is 2. The molecule has 1 aliphatic rings. The van der Waals surface area contributed by atoms with E-state index >= 15 is 0 Å². The SMILES string of the molecule is CC(C)c1ccc(-c2noc(C3CCC(=O)N3Cc3ccc(Br)cc3F)n2)cc1. The Morgan fingerprint density at radius 2 is 2.00 bits per heavy atom. The van der Waals surface area contributed by atoms with Gasteiger partial charge in [0.25, 0.3) is 0 Å². The van der Waals surface area contributed by atoms with Crippen molar-refractivity contribution in [3.05, 3.63) is 69.8 Å². The largest absolute Gasteiger partial charge is 0.337 e. The quantitative estimate of drug-likeness (QED) is 0.498. The normalized spacial score (nSPS) is 16.8. The summed E-state index contributed by atoms with van der Waals surface area (Å²) in [7, 11) is 0. The first kappa shape index (κ1) is 19.8. The van der Waals surface area contributed by atoms with Crippen molar-refractivity contribution in [2.45, 2.75) is 45.2 Å². The lowest BCUT2D eigenvalue weighted by Gasteiger charge is -2.22. The lowest BCUT2D eigenvalue weighted by atomic mass is 10.0. The van der Waals surface area contributed by atoms with Crippen LogP contribution >= 0.6 is 15.9 Å². The van der Waals surface area contributed by atoms with Gasteiger partial charge < -0.3 is 9.42 Å². The first-order valence-corrected chi connectivity index (χ1v) is 10.4. The van der Waals surface area contributed by atoms with Crippen LogP contribution in [-0.4, -0.2) is 20.9 Å². The van der Waals surface area contributed by atoms with E-state index in [1.165, 1.54) is 11.6 Å². The molecule has 0 spiro atoms. The minimum atomic E-state index is -0.353. The van der Waals surface area contributed by atoms with Crippen LogP contribution in [0.5, 0.6) is 0 Å². The van der Waals surface area contributed by atoms with Gasteiger partial charge in [0.05, 0.1) is 0 Å². The van der Waals surface area contributed by atoms with E-state index in [-0.39, 0.29) is 24.3 Å². The number of aromatic nitrogens is 2. The maximum Gasteiger partial charge on any atom is 0.249 e. The minimum Gasteiger partial charge on any atom is -0.337 e. The van der Waals surface area contributed by atoms with E-state index in [0.717, 1.165) is 5.56 Å². The Morgan fingerprint density at radius 3 is 2.69 bits per heavy atom. The van der Waals surface area contributed by atoms with Crippen molar-refractivity contribution in [3.8, 4) is 11.4 Å². The van der Waals surface area contributed by atoms with E-state index in [1.54, 1.807) is 17.0 Å². The van der Waals surface area contributed by atoms with Gasteiger partial charge in [-0.3, -0.25) is 4.79 Å². The molecule has 2 aromatic carbocycles. The molecule has 0 bridgehead atoms. The van der Waals surface area contributed by atoms with Gasteiger partial charge in [-0.2, -0.15) is 4.98 Å². The fourth-order valence-corrected chi connectivity index (χ4v) is 3.86. The molecular formula is C22H21BrFN3O2. The van der Waals surface area contributed by atoms with Crippen molar-refractivity contribution in [1.29, 1.82) is 0 Å². The monoisotopic (exact) mass is 457 g/mol. The van der Waals surface area contributed by atoms with Gasteiger partial charge in [-0.1, -0.05) is 65.3 Å². The lowest BCUT2D eigenvalue weighted by molar-refractivity contribution is -0.130. The van der Waals surface area contributed by atoms with E-state index in [4.69, 9.17) is 4.52 Å². The first-order chi connectivity index (χ1) is 13.9. The summed E-state index contributed by atoms with van der Waals surface area (Å²) in [5, 5.41) is 4.10. The van der Waals surface area contributed by atoms with Gasteiger partial charge in [-0.05, 0) is 30.0 Å². The fourth-order valence-electron chi connectivity index (χ4n) is 3.53. The third kappa shape index (κ3) is 4.10. The summed E-state index contributed by atoms with van der Waals surface area (Å²) in [5.74, 6) is 0.926. The second kappa shape index (κ2) is 8.06. The van der Waals surface area contributed by atoms with Gasteiger partial charge in [0.15, 0.2) is 0 Å². The molecule has 0 saturated carbocycles. The molecule has 1 unspecified atom stereocenters. The molecule has 1 saturated heterocycles. The second-order valence-corrected chi connectivity index (χ2v) is 8.46. The molecule has 29 heavy (non-hydrogen) atoms. The highest BCUT2D eigenvalue weighted by molar-refractivity contribution is 9.10. The van der Waals surface area contributed by atoms with Crippen LogP contribution in [-0.2, 0) is 11.3 Å². The van der Waals surface area contributed by atoms with Crippen molar-refractivity contribution in [1.82, 2.24) is 15.0 Å². The van der Waals surface area contributed by atoms with Crippen LogP contribution in [0, 0.1) is 5.82 Å². The Morgan fingerprint density at radius 1 is 1.24 bits per heavy atom. The maximum absolute atomic E-state index is 14.3. The van der Waals surface area contributed by atoms with E-state index < -0.39 is 0 Å². The number of hydrogen-bond acceptors (Lipinski definition) is 4. The van der Waals surface area contributed by atoms with Crippen LogP contribution in [0.2, 0.25) is 0 Å². The molecule has 1 aliphatic heterocycles. The lowest BCUT2D eigenvalue weighted by Crippen LogP contribution is -2.27. The molecule has 1 aromatic heterocycles. The molecule has 5 nitrogen and oxygen atoms in total. The summed E-state index contributed by atoms with van der Waals surface area (Å²) in [6, 6.07) is 12.5. The third-order valence-corrected chi connectivity index (χ3v) is 5.74. The number of rotatable bonds is 5. The van der Waals surface area contributed by atoms with E-state index in [1.807, 2.05) is 12.1 Å². The molecular weight excluding hydrogens is 437 g/mol. The van der Waals surface area contributed by atoms with Crippen molar-refractivity contribution in [3.63, 3.8) is 0 Å². The Hall–Kier alpha value is -2.54. The average molecular weight is 458 g/mol. The van der Waals surface area contributed by atoms with Crippen molar-refractivity contribution < 1.29 is 13.7 Å². The van der Waals surface area contributed by atoms with Crippen molar-refractivity contribution in [2.75, 3.05) is 0 Å². The molecule has 0 radical (unpaired) electrons. The smallest absolute Gasteiger partial charge is 0.249 e. The number of hydrogen-bond donors (Lipinski definition) is 0. The first-order valence-electron chi connectivity index (χ1n) is 9.59. The van der Waals surface area contributed by atoms with Gasteiger partial charge in [0, 0.05) is 28.6 Å². The van der Waals surface area contributed by atoms with E-state index in [2.05, 4.69) is 52.1 Å². The third-order valence-electron chi connectivity index (χ3n) is 5.25. The van der Waals surface area contributed by atoms with Gasteiger partial charge >= 0.3 is 0 Å². The van der Waals surface area contributed by atoms with Crippen molar-refractivity contribution in [2.24, 2.45) is 0 Å². The standard InChI is InChI=1S/C22H21BrFN3O2/c1-13(2)14-3-5-15(6-4-14)21-25-22(29-26-21)19-9-10-20(28)27(19)12-16-7-8-17(23)11-18(16)24/h3-8,11,13,19H,9-10,12H2,1-2H3. The summed E-state index contributed by atoms with van der Waals surface area (Å²) in [6.07, 6.45) is 0.953. The Balaban J connectivity index is 1.56. The van der Waals surface area contributed by atoms with Crippen LogP contribution in [0.4, 0.5) is 4.39 Å². The average Bonchev–Trinajstić information content (AvgIpc) is 3.31. The number of halogens is 2. The molecule has 1 fully saturated rings. The topological polar surface area (TPSA) is 59.2 Å². The zero-order valence-electron chi connectivity index (χ0n) is 16.2. The zero-order valence-corrected chi connectivity index (χ0v) is 17.8. The van der Waals surface area contributed by atoms with Gasteiger partial charge in [0.2, 0.25) is 17.6 Å². The molecule has 2 heterocycles. The Labute approximate surface area is 177 Å². The summed E-state index contributed by atoms with van der Waals surface area (Å²) in [4.78, 5) is 18.6. The second-order valence-electron chi connectivity index (χ2n) is 7.54. The highest BCUT2D eigenvalue weighted by Crippen LogP contribution is 2.34. The van der Waals surface area contributed by atoms with Crippen molar-refractivity contribution >= 4 is 21.8 Å². The van der Waals surface area contributed by atoms with Crippen LogP contribution in [0.1, 0.15) is 55.7 Å². The van der Waals surface area contributed by atoms with Gasteiger partial charge in [0.1, 0.15) is 11.9 Å². The number of carbonyl (C=O) groups excluding carboxylic acids is 1. The maximum atomic E-state index is 14.3. The molecule has 1 amide bonds. The molecule has 4 rings (SSSR count). The predicted octanol–water partition coefficient (Wildman–Crippen LogP) is 5.63. The number of likely N-dealkylation sites (tertiary alicyclic amines) is 1. The summed E-state index contributed by atoms with van der Waals surface area (Å²) < 4.78 is 20.4. The van der Waals surface area contributed by atoms with Crippen LogP contribution < -0.4 is 0 Å².